The largest absolute Gasteiger partial charge is 0.448 e. The van der Waals surface area contributed by atoms with Gasteiger partial charge in [0.2, 0.25) is 0 Å². The van der Waals surface area contributed by atoms with Gasteiger partial charge in [0.25, 0.3) is 0 Å². The standard InChI is InChI=1S/C20H17F3N4O2/c1-12-17(26-11-29-12)19(28)27-18(24)15-4-2-3-5-16(15)25-10-13-6-8-14(9-7-13)20(21,22)23/h2-9,11,25H,10H2,1H3,(H2,24,27,28). The molecule has 3 aromatic rings. The number of aryl methyl sites for hydroxylation is 1. The fraction of sp³-hybridized carbons (Fsp3) is 0.150. The van der Waals surface area contributed by atoms with Gasteiger partial charge in [-0.3, -0.25) is 4.79 Å². The Balaban J connectivity index is 1.76. The molecule has 0 unspecified atom stereocenters. The molecule has 0 aliphatic heterocycles. The summed E-state index contributed by atoms with van der Waals surface area (Å²) in [5.41, 5.74) is 7.07. The number of nitrogens with zero attached hydrogens (tertiary/aromatic N) is 2. The van der Waals surface area contributed by atoms with E-state index in [4.69, 9.17) is 10.2 Å². The molecule has 6 nitrogen and oxygen atoms in total. The van der Waals surface area contributed by atoms with Crippen LogP contribution in [0.4, 0.5) is 18.9 Å². The summed E-state index contributed by atoms with van der Waals surface area (Å²) in [6.45, 7) is 1.85. The third kappa shape index (κ3) is 4.81. The van der Waals surface area contributed by atoms with E-state index in [1.54, 1.807) is 31.2 Å². The first-order valence-corrected chi connectivity index (χ1v) is 8.53. The topological polar surface area (TPSA) is 93.5 Å². The Morgan fingerprint density at radius 1 is 1.17 bits per heavy atom. The fourth-order valence-electron chi connectivity index (χ4n) is 2.60. The molecule has 1 aromatic heterocycles. The number of aliphatic imine (C=N–C) groups is 1. The van der Waals surface area contributed by atoms with Crippen LogP contribution in [0, 0.1) is 6.92 Å². The second-order valence-corrected chi connectivity index (χ2v) is 6.15. The van der Waals surface area contributed by atoms with E-state index < -0.39 is 17.6 Å². The van der Waals surface area contributed by atoms with Gasteiger partial charge in [-0.25, -0.2) is 4.98 Å². The minimum absolute atomic E-state index is 0.0204. The van der Waals surface area contributed by atoms with Gasteiger partial charge in [-0.15, -0.1) is 0 Å². The molecule has 0 aliphatic rings. The number of hydrogen-bond donors (Lipinski definition) is 2. The Hall–Kier alpha value is -3.62. The first-order chi connectivity index (χ1) is 13.8. The lowest BCUT2D eigenvalue weighted by atomic mass is 10.1. The highest BCUT2D eigenvalue weighted by molar-refractivity contribution is 6.10. The fourth-order valence-corrected chi connectivity index (χ4v) is 2.60. The van der Waals surface area contributed by atoms with Gasteiger partial charge >= 0.3 is 12.1 Å². The second-order valence-electron chi connectivity index (χ2n) is 6.15. The lowest BCUT2D eigenvalue weighted by Crippen LogP contribution is -2.18. The Bertz CT molecular complexity index is 1040. The molecule has 0 aliphatic carbocycles. The Labute approximate surface area is 164 Å². The molecule has 0 bridgehead atoms. The number of aromatic nitrogens is 1. The summed E-state index contributed by atoms with van der Waals surface area (Å²) in [5, 5.41) is 3.10. The quantitative estimate of drug-likeness (QED) is 0.494. The van der Waals surface area contributed by atoms with Crippen LogP contribution >= 0.6 is 0 Å². The summed E-state index contributed by atoms with van der Waals surface area (Å²) in [4.78, 5) is 19.9. The molecule has 9 heteroatoms. The number of rotatable bonds is 5. The van der Waals surface area contributed by atoms with E-state index in [2.05, 4.69) is 15.3 Å². The number of halogens is 3. The maximum atomic E-state index is 12.7. The molecule has 1 heterocycles. The van der Waals surface area contributed by atoms with Crippen molar-refractivity contribution in [1.29, 1.82) is 0 Å². The SMILES string of the molecule is Cc1ocnc1C(=O)N=C(N)c1ccccc1NCc1ccc(C(F)(F)F)cc1. The maximum Gasteiger partial charge on any atom is 0.416 e. The first-order valence-electron chi connectivity index (χ1n) is 8.53. The predicted molar refractivity (Wildman–Crippen MR) is 102 cm³/mol. The zero-order valence-corrected chi connectivity index (χ0v) is 15.3. The Kier molecular flexibility index (Phi) is 5.67. The van der Waals surface area contributed by atoms with E-state index in [-0.39, 0.29) is 18.1 Å². The number of anilines is 1. The van der Waals surface area contributed by atoms with E-state index >= 15 is 0 Å². The van der Waals surface area contributed by atoms with Crippen LogP contribution in [0.1, 0.15) is 32.9 Å². The average Bonchev–Trinajstić information content (AvgIpc) is 3.12. The molecular formula is C20H17F3N4O2. The molecule has 3 N–H and O–H groups in total. The molecular weight excluding hydrogens is 385 g/mol. The summed E-state index contributed by atoms with van der Waals surface area (Å²) < 4.78 is 43.0. The first kappa shape index (κ1) is 20.1. The molecule has 0 spiro atoms. The van der Waals surface area contributed by atoms with Crippen molar-refractivity contribution < 1.29 is 22.4 Å². The summed E-state index contributed by atoms with van der Waals surface area (Å²) in [6, 6.07) is 11.7. The van der Waals surface area contributed by atoms with Crippen LogP contribution in [-0.2, 0) is 12.7 Å². The molecule has 1 amide bonds. The van der Waals surface area contributed by atoms with Gasteiger partial charge < -0.3 is 15.5 Å². The summed E-state index contributed by atoms with van der Waals surface area (Å²) >= 11 is 0. The van der Waals surface area contributed by atoms with Crippen LogP contribution in [0.15, 0.2) is 64.3 Å². The molecule has 0 saturated carbocycles. The second kappa shape index (κ2) is 8.17. The lowest BCUT2D eigenvalue weighted by molar-refractivity contribution is -0.137. The molecule has 3 rings (SSSR count). The minimum atomic E-state index is -4.38. The van der Waals surface area contributed by atoms with Crippen LogP contribution in [0.5, 0.6) is 0 Å². The van der Waals surface area contributed by atoms with Gasteiger partial charge in [-0.05, 0) is 36.8 Å². The zero-order valence-electron chi connectivity index (χ0n) is 15.3. The van der Waals surface area contributed by atoms with Gasteiger partial charge in [0.15, 0.2) is 12.1 Å². The van der Waals surface area contributed by atoms with Gasteiger partial charge in [0.1, 0.15) is 11.6 Å². The molecule has 2 aromatic carbocycles. The zero-order chi connectivity index (χ0) is 21.0. The van der Waals surface area contributed by atoms with Crippen molar-refractivity contribution in [2.24, 2.45) is 10.7 Å². The van der Waals surface area contributed by atoms with Crippen molar-refractivity contribution in [1.82, 2.24) is 4.98 Å². The third-order valence-corrected chi connectivity index (χ3v) is 4.14. The number of carbonyl (C=O) groups excluding carboxylic acids is 1. The monoisotopic (exact) mass is 402 g/mol. The number of para-hydroxylation sites is 1. The highest BCUT2D eigenvalue weighted by atomic mass is 19.4. The van der Waals surface area contributed by atoms with Crippen LogP contribution in [-0.4, -0.2) is 16.7 Å². The normalized spacial score (nSPS) is 12.1. The van der Waals surface area contributed by atoms with Gasteiger partial charge in [-0.2, -0.15) is 18.2 Å². The Morgan fingerprint density at radius 3 is 2.48 bits per heavy atom. The highest BCUT2D eigenvalue weighted by Crippen LogP contribution is 2.29. The van der Waals surface area contributed by atoms with Crippen molar-refractivity contribution in [2.75, 3.05) is 5.32 Å². The number of oxazole rings is 1. The number of hydrogen-bond acceptors (Lipinski definition) is 4. The van der Waals surface area contributed by atoms with Crippen LogP contribution < -0.4 is 11.1 Å². The van der Waals surface area contributed by atoms with Gasteiger partial charge in [-0.1, -0.05) is 24.3 Å². The van der Waals surface area contributed by atoms with Gasteiger partial charge in [0, 0.05) is 17.8 Å². The molecule has 0 saturated heterocycles. The lowest BCUT2D eigenvalue weighted by Gasteiger charge is -2.12. The molecule has 0 atom stereocenters. The number of amidine groups is 1. The number of amides is 1. The number of carbonyl (C=O) groups is 1. The third-order valence-electron chi connectivity index (χ3n) is 4.14. The highest BCUT2D eigenvalue weighted by Gasteiger charge is 2.29. The van der Waals surface area contributed by atoms with Crippen molar-refractivity contribution in [2.45, 2.75) is 19.6 Å². The predicted octanol–water partition coefficient (Wildman–Crippen LogP) is 4.16. The van der Waals surface area contributed by atoms with E-state index in [9.17, 15) is 18.0 Å². The van der Waals surface area contributed by atoms with Crippen molar-refractivity contribution in [3.8, 4) is 0 Å². The smallest absolute Gasteiger partial charge is 0.416 e. The van der Waals surface area contributed by atoms with Crippen molar-refractivity contribution in [3.05, 3.63) is 83.1 Å². The average molecular weight is 402 g/mol. The molecule has 0 radical (unpaired) electrons. The van der Waals surface area contributed by atoms with Crippen LogP contribution in [0.3, 0.4) is 0 Å². The van der Waals surface area contributed by atoms with E-state index in [1.807, 2.05) is 0 Å². The van der Waals surface area contributed by atoms with Crippen molar-refractivity contribution >= 4 is 17.4 Å². The number of nitrogens with two attached hydrogens (primary N) is 1. The van der Waals surface area contributed by atoms with E-state index in [1.165, 1.54) is 12.1 Å². The van der Waals surface area contributed by atoms with Crippen LogP contribution in [0.25, 0.3) is 0 Å². The Morgan fingerprint density at radius 2 is 1.86 bits per heavy atom. The summed E-state index contributed by atoms with van der Waals surface area (Å²) in [7, 11) is 0. The minimum Gasteiger partial charge on any atom is -0.448 e. The summed E-state index contributed by atoms with van der Waals surface area (Å²) in [5.74, 6) is -0.320. The van der Waals surface area contributed by atoms with E-state index in [0.29, 0.717) is 22.6 Å². The number of benzene rings is 2. The van der Waals surface area contributed by atoms with Crippen molar-refractivity contribution in [3.63, 3.8) is 0 Å². The number of alkyl halides is 3. The van der Waals surface area contributed by atoms with Gasteiger partial charge in [0.05, 0.1) is 5.56 Å². The summed E-state index contributed by atoms with van der Waals surface area (Å²) in [6.07, 6.45) is -3.23. The molecule has 150 valence electrons. The number of nitrogens with one attached hydrogen (secondary N) is 1. The maximum absolute atomic E-state index is 12.7. The van der Waals surface area contributed by atoms with E-state index in [0.717, 1.165) is 18.5 Å². The van der Waals surface area contributed by atoms with Crippen LogP contribution in [0.2, 0.25) is 0 Å². The molecule has 29 heavy (non-hydrogen) atoms. The molecule has 0 fully saturated rings.